The van der Waals surface area contributed by atoms with E-state index in [9.17, 15) is 4.79 Å². The first-order valence-electron chi connectivity index (χ1n) is 7.78. The predicted molar refractivity (Wildman–Crippen MR) is 95.8 cm³/mol. The van der Waals surface area contributed by atoms with Gasteiger partial charge in [0.05, 0.1) is 6.54 Å². The van der Waals surface area contributed by atoms with Crippen LogP contribution in [0.1, 0.15) is 35.6 Å². The second kappa shape index (κ2) is 8.58. The monoisotopic (exact) mass is 320 g/mol. The Morgan fingerprint density at radius 2 is 1.92 bits per heavy atom. The van der Waals surface area contributed by atoms with Crippen molar-refractivity contribution in [3.05, 3.63) is 82.9 Å². The number of carboxylic acid groups (broad SMARTS) is 1. The SMILES string of the molecule is CCC=C(c1ccc(/C=C/C(=O)O)cc1)c1cccc(CN=N)c1. The average molecular weight is 320 g/mol. The number of benzene rings is 2. The molecular weight excluding hydrogens is 300 g/mol. The zero-order valence-electron chi connectivity index (χ0n) is 13.6. The number of carboxylic acids is 1. The second-order valence-corrected chi connectivity index (χ2v) is 5.34. The topological polar surface area (TPSA) is 73.5 Å². The minimum absolute atomic E-state index is 0.381. The minimum atomic E-state index is -0.956. The van der Waals surface area contributed by atoms with Crippen LogP contribution >= 0.6 is 0 Å². The van der Waals surface area contributed by atoms with Crippen LogP contribution in [0.15, 0.2) is 65.8 Å². The zero-order valence-corrected chi connectivity index (χ0v) is 13.6. The van der Waals surface area contributed by atoms with Crippen molar-refractivity contribution >= 4 is 17.6 Å². The van der Waals surface area contributed by atoms with Crippen LogP contribution in [0.25, 0.3) is 11.6 Å². The molecule has 0 fully saturated rings. The fourth-order valence-corrected chi connectivity index (χ4v) is 2.48. The summed E-state index contributed by atoms with van der Waals surface area (Å²) in [6.07, 6.45) is 5.78. The molecule has 0 spiro atoms. The lowest BCUT2D eigenvalue weighted by Crippen LogP contribution is -1.91. The van der Waals surface area contributed by atoms with Crippen molar-refractivity contribution in [2.45, 2.75) is 19.9 Å². The lowest BCUT2D eigenvalue weighted by atomic mass is 9.95. The molecule has 0 aliphatic carbocycles. The van der Waals surface area contributed by atoms with Gasteiger partial charge in [-0.1, -0.05) is 55.5 Å². The quantitative estimate of drug-likeness (QED) is 0.546. The summed E-state index contributed by atoms with van der Waals surface area (Å²) in [5.41, 5.74) is 12.2. The van der Waals surface area contributed by atoms with Gasteiger partial charge in [-0.2, -0.15) is 5.11 Å². The van der Waals surface area contributed by atoms with Crippen LogP contribution in [0.2, 0.25) is 0 Å². The molecule has 0 bridgehead atoms. The maximum absolute atomic E-state index is 10.6. The molecule has 0 amide bonds. The molecule has 0 unspecified atom stereocenters. The van der Waals surface area contributed by atoms with Gasteiger partial charge in [0.2, 0.25) is 0 Å². The van der Waals surface area contributed by atoms with E-state index in [0.29, 0.717) is 6.54 Å². The second-order valence-electron chi connectivity index (χ2n) is 5.34. The highest BCUT2D eigenvalue weighted by molar-refractivity contribution is 5.85. The van der Waals surface area contributed by atoms with Crippen LogP contribution < -0.4 is 0 Å². The molecule has 0 aliphatic rings. The number of nitrogens with zero attached hydrogens (tertiary/aromatic N) is 1. The van der Waals surface area contributed by atoms with Gasteiger partial charge in [0.1, 0.15) is 0 Å². The fourth-order valence-electron chi connectivity index (χ4n) is 2.48. The number of aliphatic carboxylic acids is 1. The number of nitrogens with one attached hydrogen (secondary N) is 1. The Balaban J connectivity index is 2.34. The molecule has 0 heterocycles. The minimum Gasteiger partial charge on any atom is -0.478 e. The summed E-state index contributed by atoms with van der Waals surface area (Å²) in [7, 11) is 0. The van der Waals surface area contributed by atoms with Crippen molar-refractivity contribution in [2.75, 3.05) is 0 Å². The van der Waals surface area contributed by atoms with Gasteiger partial charge in [-0.3, -0.25) is 0 Å². The molecule has 24 heavy (non-hydrogen) atoms. The van der Waals surface area contributed by atoms with Gasteiger partial charge in [-0.15, -0.1) is 0 Å². The summed E-state index contributed by atoms with van der Waals surface area (Å²) in [6, 6.07) is 15.8. The van der Waals surface area contributed by atoms with E-state index in [1.165, 1.54) is 0 Å². The van der Waals surface area contributed by atoms with E-state index in [1.54, 1.807) is 6.08 Å². The summed E-state index contributed by atoms with van der Waals surface area (Å²) in [5.74, 6) is -0.956. The van der Waals surface area contributed by atoms with E-state index in [1.807, 2.05) is 42.5 Å². The van der Waals surface area contributed by atoms with Crippen LogP contribution in [-0.2, 0) is 11.3 Å². The van der Waals surface area contributed by atoms with Crippen molar-refractivity contribution in [2.24, 2.45) is 5.11 Å². The maximum atomic E-state index is 10.6. The number of hydrogen-bond acceptors (Lipinski definition) is 3. The van der Waals surface area contributed by atoms with Crippen LogP contribution in [0.5, 0.6) is 0 Å². The first-order chi connectivity index (χ1) is 11.6. The van der Waals surface area contributed by atoms with E-state index in [-0.39, 0.29) is 0 Å². The highest BCUT2D eigenvalue weighted by atomic mass is 16.4. The summed E-state index contributed by atoms with van der Waals surface area (Å²) in [5, 5.41) is 12.1. The van der Waals surface area contributed by atoms with Gasteiger partial charge in [0, 0.05) is 6.08 Å². The van der Waals surface area contributed by atoms with Crippen molar-refractivity contribution < 1.29 is 9.90 Å². The highest BCUT2D eigenvalue weighted by Crippen LogP contribution is 2.25. The summed E-state index contributed by atoms with van der Waals surface area (Å²) < 4.78 is 0. The Hall–Kier alpha value is -3.01. The smallest absolute Gasteiger partial charge is 0.328 e. The normalized spacial score (nSPS) is 11.6. The number of allylic oxidation sites excluding steroid dienone is 1. The third kappa shape index (κ3) is 4.74. The molecule has 2 aromatic carbocycles. The molecule has 0 radical (unpaired) electrons. The Bertz CT molecular complexity index is 774. The van der Waals surface area contributed by atoms with E-state index in [2.05, 4.69) is 24.2 Å². The third-order valence-corrected chi connectivity index (χ3v) is 3.55. The Kier molecular flexibility index (Phi) is 6.20. The molecule has 0 saturated carbocycles. The Morgan fingerprint density at radius 1 is 1.17 bits per heavy atom. The van der Waals surface area contributed by atoms with E-state index < -0.39 is 5.97 Å². The van der Waals surface area contributed by atoms with Gasteiger partial charge in [-0.25, -0.2) is 10.3 Å². The zero-order chi connectivity index (χ0) is 17.4. The summed E-state index contributed by atoms with van der Waals surface area (Å²) in [6.45, 7) is 2.47. The largest absolute Gasteiger partial charge is 0.478 e. The fraction of sp³-hybridized carbons (Fsp3) is 0.150. The van der Waals surface area contributed by atoms with E-state index in [0.717, 1.165) is 40.3 Å². The molecule has 2 N–H and O–H groups in total. The molecule has 4 nitrogen and oxygen atoms in total. The molecule has 0 saturated heterocycles. The number of rotatable bonds is 7. The number of carbonyl (C=O) groups is 1. The standard InChI is InChI=1S/C20H20N2O2/c1-2-4-19(18-6-3-5-16(13-18)14-22-21)17-10-7-15(8-11-17)9-12-20(23)24/h3-13,21H,2,14H2,1H3,(H,23,24)/b12-9+,19-4?,22-21?. The highest BCUT2D eigenvalue weighted by Gasteiger charge is 2.06. The molecule has 0 aromatic heterocycles. The average Bonchev–Trinajstić information content (AvgIpc) is 2.59. The predicted octanol–water partition coefficient (Wildman–Crippen LogP) is 5.16. The van der Waals surface area contributed by atoms with Gasteiger partial charge in [-0.05, 0) is 46.4 Å². The van der Waals surface area contributed by atoms with Crippen LogP contribution in [0, 0.1) is 5.53 Å². The van der Waals surface area contributed by atoms with Crippen LogP contribution in [-0.4, -0.2) is 11.1 Å². The number of hydrogen-bond donors (Lipinski definition) is 2. The molecule has 0 atom stereocenters. The van der Waals surface area contributed by atoms with Gasteiger partial charge in [0.25, 0.3) is 0 Å². The molecular formula is C20H20N2O2. The van der Waals surface area contributed by atoms with Crippen molar-refractivity contribution in [3.63, 3.8) is 0 Å². The lowest BCUT2D eigenvalue weighted by Gasteiger charge is -2.10. The van der Waals surface area contributed by atoms with Crippen molar-refractivity contribution in [1.82, 2.24) is 0 Å². The van der Waals surface area contributed by atoms with Crippen LogP contribution in [0.3, 0.4) is 0 Å². The van der Waals surface area contributed by atoms with Crippen LogP contribution in [0.4, 0.5) is 0 Å². The van der Waals surface area contributed by atoms with Gasteiger partial charge >= 0.3 is 5.97 Å². The maximum Gasteiger partial charge on any atom is 0.328 e. The third-order valence-electron chi connectivity index (χ3n) is 3.55. The van der Waals surface area contributed by atoms with Crippen molar-refractivity contribution in [3.8, 4) is 0 Å². The molecule has 2 aromatic rings. The first kappa shape index (κ1) is 17.3. The molecule has 0 aliphatic heterocycles. The van der Waals surface area contributed by atoms with Crippen molar-refractivity contribution in [1.29, 1.82) is 5.53 Å². The summed E-state index contributed by atoms with van der Waals surface area (Å²) >= 11 is 0. The van der Waals surface area contributed by atoms with Gasteiger partial charge < -0.3 is 5.11 Å². The summed E-state index contributed by atoms with van der Waals surface area (Å²) in [4.78, 5) is 10.6. The first-order valence-corrected chi connectivity index (χ1v) is 7.78. The lowest BCUT2D eigenvalue weighted by molar-refractivity contribution is -0.131. The van der Waals surface area contributed by atoms with Gasteiger partial charge in [0.15, 0.2) is 0 Å². The Morgan fingerprint density at radius 3 is 2.54 bits per heavy atom. The van der Waals surface area contributed by atoms with E-state index >= 15 is 0 Å². The van der Waals surface area contributed by atoms with E-state index in [4.69, 9.17) is 10.6 Å². The Labute approximate surface area is 141 Å². The molecule has 2 rings (SSSR count). The molecule has 122 valence electrons. The molecule has 4 heteroatoms.